The van der Waals surface area contributed by atoms with E-state index in [-0.39, 0.29) is 12.3 Å². The van der Waals surface area contributed by atoms with Gasteiger partial charge in [0, 0.05) is 31.9 Å². The van der Waals surface area contributed by atoms with E-state index in [1.165, 1.54) is 0 Å². The van der Waals surface area contributed by atoms with Crippen molar-refractivity contribution in [2.45, 2.75) is 46.2 Å². The first-order chi connectivity index (χ1) is 13.9. The molecule has 0 spiro atoms. The summed E-state index contributed by atoms with van der Waals surface area (Å²) in [7, 11) is 1.96. The zero-order valence-corrected chi connectivity index (χ0v) is 17.1. The van der Waals surface area contributed by atoms with Crippen LogP contribution in [-0.2, 0) is 31.4 Å². The van der Waals surface area contributed by atoms with Gasteiger partial charge in [-0.3, -0.25) is 14.3 Å². The molecule has 1 amide bonds. The third-order valence-electron chi connectivity index (χ3n) is 5.82. The SMILES string of the molecule is Cc1c(C(=O)N2CCCn3nc(CCC(=O)O)cc3C2)n(C)c2c(C)cccc12. The fourth-order valence-electron chi connectivity index (χ4n) is 4.40. The summed E-state index contributed by atoms with van der Waals surface area (Å²) in [6, 6.07) is 8.11. The summed E-state index contributed by atoms with van der Waals surface area (Å²) < 4.78 is 3.94. The number of carbonyl (C=O) groups excluding carboxylic acids is 1. The van der Waals surface area contributed by atoms with Crippen molar-refractivity contribution in [1.29, 1.82) is 0 Å². The number of hydrogen-bond acceptors (Lipinski definition) is 3. The molecule has 0 unspecified atom stereocenters. The van der Waals surface area contributed by atoms with E-state index in [9.17, 15) is 9.59 Å². The zero-order valence-electron chi connectivity index (χ0n) is 17.1. The van der Waals surface area contributed by atoms with E-state index in [4.69, 9.17) is 5.11 Å². The van der Waals surface area contributed by atoms with Gasteiger partial charge in [-0.25, -0.2) is 0 Å². The van der Waals surface area contributed by atoms with Crippen LogP contribution >= 0.6 is 0 Å². The van der Waals surface area contributed by atoms with Crippen LogP contribution in [0.2, 0.25) is 0 Å². The van der Waals surface area contributed by atoms with Crippen molar-refractivity contribution in [2.24, 2.45) is 7.05 Å². The van der Waals surface area contributed by atoms with Gasteiger partial charge in [-0.15, -0.1) is 0 Å². The lowest BCUT2D eigenvalue weighted by Gasteiger charge is -2.21. The maximum absolute atomic E-state index is 13.5. The number of aliphatic carboxylic acids is 1. The van der Waals surface area contributed by atoms with Crippen LogP contribution in [0, 0.1) is 13.8 Å². The molecule has 3 heterocycles. The second-order valence-electron chi connectivity index (χ2n) is 7.83. The molecule has 4 rings (SSSR count). The number of aromatic nitrogens is 3. The molecule has 0 saturated carbocycles. The van der Waals surface area contributed by atoms with E-state index in [2.05, 4.69) is 24.2 Å². The summed E-state index contributed by atoms with van der Waals surface area (Å²) in [5.41, 5.74) is 5.73. The minimum atomic E-state index is -0.827. The molecule has 1 aliphatic heterocycles. The van der Waals surface area contributed by atoms with E-state index >= 15 is 0 Å². The minimum Gasteiger partial charge on any atom is -0.481 e. The molecule has 0 aliphatic carbocycles. The molecule has 29 heavy (non-hydrogen) atoms. The molecule has 2 aromatic heterocycles. The summed E-state index contributed by atoms with van der Waals surface area (Å²) in [5, 5.41) is 14.6. The van der Waals surface area contributed by atoms with Gasteiger partial charge in [0.15, 0.2) is 0 Å². The number of para-hydroxylation sites is 1. The lowest BCUT2D eigenvalue weighted by atomic mass is 10.1. The molecule has 0 saturated heterocycles. The van der Waals surface area contributed by atoms with Gasteiger partial charge in [-0.2, -0.15) is 5.10 Å². The Bertz CT molecular complexity index is 1110. The van der Waals surface area contributed by atoms with E-state index in [1.54, 1.807) is 0 Å². The van der Waals surface area contributed by atoms with Crippen molar-refractivity contribution in [1.82, 2.24) is 19.2 Å². The molecule has 0 bridgehead atoms. The number of aryl methyl sites for hydroxylation is 5. The minimum absolute atomic E-state index is 0.0299. The summed E-state index contributed by atoms with van der Waals surface area (Å²) in [4.78, 5) is 26.2. The maximum atomic E-state index is 13.5. The standard InChI is InChI=1S/C22H26N4O3/c1-14-6-4-7-18-15(2)21(24(3)20(14)18)22(29)25-10-5-11-26-17(13-25)12-16(23-26)8-9-19(27)28/h4,6-7,12H,5,8-11,13H2,1-3H3,(H,27,28). The number of nitrogens with zero attached hydrogens (tertiary/aromatic N) is 4. The lowest BCUT2D eigenvalue weighted by molar-refractivity contribution is -0.136. The highest BCUT2D eigenvalue weighted by molar-refractivity contribution is 6.02. The fraction of sp³-hybridized carbons (Fsp3) is 0.409. The van der Waals surface area contributed by atoms with Crippen LogP contribution < -0.4 is 0 Å². The first-order valence-corrected chi connectivity index (χ1v) is 9.98. The van der Waals surface area contributed by atoms with Gasteiger partial charge < -0.3 is 14.6 Å². The molecule has 0 radical (unpaired) electrons. The number of amides is 1. The molecule has 152 valence electrons. The Morgan fingerprint density at radius 2 is 2.00 bits per heavy atom. The van der Waals surface area contributed by atoms with E-state index < -0.39 is 5.97 Å². The van der Waals surface area contributed by atoms with Gasteiger partial charge in [-0.1, -0.05) is 18.2 Å². The van der Waals surface area contributed by atoms with E-state index in [0.717, 1.165) is 52.1 Å². The van der Waals surface area contributed by atoms with Crippen LogP contribution in [0.5, 0.6) is 0 Å². The largest absolute Gasteiger partial charge is 0.481 e. The van der Waals surface area contributed by atoms with Gasteiger partial charge in [-0.05, 0) is 37.5 Å². The molecule has 7 heteroatoms. The average Bonchev–Trinajstić information content (AvgIpc) is 3.10. The number of benzene rings is 1. The maximum Gasteiger partial charge on any atom is 0.303 e. The van der Waals surface area contributed by atoms with Crippen LogP contribution in [0.1, 0.15) is 45.8 Å². The monoisotopic (exact) mass is 394 g/mol. The number of carboxylic acid groups (broad SMARTS) is 1. The smallest absolute Gasteiger partial charge is 0.303 e. The number of fused-ring (bicyclic) bond motifs is 2. The quantitative estimate of drug-likeness (QED) is 0.738. The molecular weight excluding hydrogens is 368 g/mol. The van der Waals surface area contributed by atoms with Crippen molar-refractivity contribution in [2.75, 3.05) is 6.54 Å². The van der Waals surface area contributed by atoms with Crippen molar-refractivity contribution >= 4 is 22.8 Å². The Morgan fingerprint density at radius 3 is 2.72 bits per heavy atom. The highest BCUT2D eigenvalue weighted by Gasteiger charge is 2.26. The first-order valence-electron chi connectivity index (χ1n) is 9.98. The molecule has 1 aliphatic rings. The summed E-state index contributed by atoms with van der Waals surface area (Å²) >= 11 is 0. The number of carboxylic acids is 1. The third kappa shape index (κ3) is 3.41. The summed E-state index contributed by atoms with van der Waals surface area (Å²) in [6.07, 6.45) is 1.29. The number of rotatable bonds is 4. The highest BCUT2D eigenvalue weighted by atomic mass is 16.4. The Morgan fingerprint density at radius 1 is 1.21 bits per heavy atom. The van der Waals surface area contributed by atoms with Crippen LogP contribution in [0.3, 0.4) is 0 Å². The van der Waals surface area contributed by atoms with Crippen LogP contribution in [-0.4, -0.2) is 42.8 Å². The van der Waals surface area contributed by atoms with Gasteiger partial charge in [0.2, 0.25) is 0 Å². The third-order valence-corrected chi connectivity index (χ3v) is 5.82. The van der Waals surface area contributed by atoms with Crippen LogP contribution in [0.15, 0.2) is 24.3 Å². The van der Waals surface area contributed by atoms with E-state index in [0.29, 0.717) is 19.5 Å². The topological polar surface area (TPSA) is 80.4 Å². The van der Waals surface area contributed by atoms with Crippen molar-refractivity contribution in [3.63, 3.8) is 0 Å². The van der Waals surface area contributed by atoms with E-state index in [1.807, 2.05) is 40.3 Å². The second-order valence-corrected chi connectivity index (χ2v) is 7.83. The molecule has 1 aromatic carbocycles. The molecular formula is C22H26N4O3. The normalized spacial score (nSPS) is 14.1. The first kappa shape index (κ1) is 19.2. The highest BCUT2D eigenvalue weighted by Crippen LogP contribution is 2.29. The Kier molecular flexibility index (Phi) is 4.90. The summed E-state index contributed by atoms with van der Waals surface area (Å²) in [5.74, 6) is -0.797. The Balaban J connectivity index is 1.64. The summed E-state index contributed by atoms with van der Waals surface area (Å²) in [6.45, 7) is 5.98. The Labute approximate surface area is 169 Å². The predicted molar refractivity (Wildman–Crippen MR) is 110 cm³/mol. The number of hydrogen-bond donors (Lipinski definition) is 1. The predicted octanol–water partition coefficient (Wildman–Crippen LogP) is 3.05. The van der Waals surface area contributed by atoms with Gasteiger partial charge in [0.1, 0.15) is 5.69 Å². The molecule has 7 nitrogen and oxygen atoms in total. The fourth-order valence-corrected chi connectivity index (χ4v) is 4.40. The Hall–Kier alpha value is -3.09. The van der Waals surface area contributed by atoms with Gasteiger partial charge >= 0.3 is 5.97 Å². The molecule has 0 atom stereocenters. The van der Waals surface area contributed by atoms with Gasteiger partial charge in [0.05, 0.1) is 29.9 Å². The average molecular weight is 394 g/mol. The zero-order chi connectivity index (χ0) is 20.7. The molecule has 1 N–H and O–H groups in total. The van der Waals surface area contributed by atoms with Crippen molar-refractivity contribution < 1.29 is 14.7 Å². The second kappa shape index (κ2) is 7.39. The van der Waals surface area contributed by atoms with Crippen LogP contribution in [0.4, 0.5) is 0 Å². The molecule has 0 fully saturated rings. The molecule has 3 aromatic rings. The van der Waals surface area contributed by atoms with Crippen LogP contribution in [0.25, 0.3) is 10.9 Å². The van der Waals surface area contributed by atoms with Gasteiger partial charge in [0.25, 0.3) is 5.91 Å². The lowest BCUT2D eigenvalue weighted by Crippen LogP contribution is -2.32. The van der Waals surface area contributed by atoms with Crippen molar-refractivity contribution in [3.8, 4) is 0 Å². The number of carbonyl (C=O) groups is 2. The van der Waals surface area contributed by atoms with Crippen molar-refractivity contribution in [3.05, 3.63) is 52.5 Å².